The minimum absolute atomic E-state index is 0.0132. The Kier molecular flexibility index (Phi) is 15.2. The van der Waals surface area contributed by atoms with E-state index in [2.05, 4.69) is 20.9 Å². The number of esters is 1. The smallest absolute Gasteiger partial charge is 0.414 e. The van der Waals surface area contributed by atoms with Crippen LogP contribution in [0.3, 0.4) is 0 Å². The van der Waals surface area contributed by atoms with Crippen LogP contribution in [0.5, 0.6) is 0 Å². The second-order valence-electron chi connectivity index (χ2n) is 14.8. The number of carbonyl (C=O) groups excluding carboxylic acids is 6. The van der Waals surface area contributed by atoms with Crippen LogP contribution in [0.15, 0.2) is 96.0 Å². The van der Waals surface area contributed by atoms with Gasteiger partial charge in [0, 0.05) is 44.7 Å². The van der Waals surface area contributed by atoms with Gasteiger partial charge in [-0.1, -0.05) is 91.0 Å². The van der Waals surface area contributed by atoms with Crippen LogP contribution in [-0.4, -0.2) is 108 Å². The lowest BCUT2D eigenvalue weighted by Crippen LogP contribution is -2.70. The summed E-state index contributed by atoms with van der Waals surface area (Å²) in [5.74, 6) is -2.34. The first-order valence-electron chi connectivity index (χ1n) is 19.3. The van der Waals surface area contributed by atoms with Crippen LogP contribution in [0.2, 0.25) is 0 Å². The van der Waals surface area contributed by atoms with Gasteiger partial charge in [0.05, 0.1) is 12.5 Å². The molecule has 308 valence electrons. The van der Waals surface area contributed by atoms with Crippen molar-refractivity contribution in [3.8, 4) is 0 Å². The van der Waals surface area contributed by atoms with Crippen molar-refractivity contribution in [2.24, 2.45) is 10.9 Å². The summed E-state index contributed by atoms with van der Waals surface area (Å²) in [5, 5.41) is 7.78. The minimum Gasteiger partial charge on any atom is -0.464 e. The number of carbonyl (C=O) groups is 6. The van der Waals surface area contributed by atoms with Crippen molar-refractivity contribution in [1.82, 2.24) is 30.7 Å². The molecule has 58 heavy (non-hydrogen) atoms. The first-order valence-corrected chi connectivity index (χ1v) is 19.3. The van der Waals surface area contributed by atoms with Crippen LogP contribution < -0.4 is 16.0 Å². The topological polar surface area (TPSA) is 188 Å². The molecule has 16 nitrogen and oxygen atoms in total. The summed E-state index contributed by atoms with van der Waals surface area (Å²) in [7, 11) is 0. The fourth-order valence-corrected chi connectivity index (χ4v) is 6.29. The van der Waals surface area contributed by atoms with E-state index >= 15 is 0 Å². The maximum Gasteiger partial charge on any atom is 0.414 e. The zero-order valence-electron chi connectivity index (χ0n) is 33.1. The predicted octanol–water partition coefficient (Wildman–Crippen LogP) is 4.83. The third kappa shape index (κ3) is 12.8. The second-order valence-corrected chi connectivity index (χ2v) is 14.8. The SMILES string of the molecule is CC(C)(C)NC(=O)N1CCN(C(=O)N2C(=O)C(CCCN=C(NC(=O)OCc3ccccc3)NC(=O)OCc3ccccc3)C2C(=O)OCCc2ccccc2)CC1. The Morgan fingerprint density at radius 1 is 0.707 bits per heavy atom. The van der Waals surface area contributed by atoms with Crippen LogP contribution >= 0.6 is 0 Å². The lowest BCUT2D eigenvalue weighted by Gasteiger charge is -2.46. The minimum atomic E-state index is -1.17. The predicted molar refractivity (Wildman–Crippen MR) is 213 cm³/mol. The highest BCUT2D eigenvalue weighted by molar-refractivity contribution is 6.08. The van der Waals surface area contributed by atoms with Crippen molar-refractivity contribution in [3.63, 3.8) is 0 Å². The number of ether oxygens (including phenoxy) is 3. The molecule has 0 saturated carbocycles. The number of β-lactam (4-membered cyclic amide) rings is 1. The van der Waals surface area contributed by atoms with E-state index in [0.717, 1.165) is 21.6 Å². The second kappa shape index (κ2) is 20.6. The maximum absolute atomic E-state index is 13.7. The first kappa shape index (κ1) is 42.7. The average Bonchev–Trinajstić information content (AvgIpc) is 3.21. The Bertz CT molecular complexity index is 1840. The molecule has 0 aromatic heterocycles. The number of alkyl carbamates (subject to hydrolysis) is 2. The normalized spacial score (nSPS) is 16.3. The molecule has 2 fully saturated rings. The molecule has 0 bridgehead atoms. The van der Waals surface area contributed by atoms with Crippen molar-refractivity contribution in [2.75, 3.05) is 39.3 Å². The molecule has 0 radical (unpaired) electrons. The Hall–Kier alpha value is -6.45. The lowest BCUT2D eigenvalue weighted by molar-refractivity contribution is -0.170. The van der Waals surface area contributed by atoms with Crippen molar-refractivity contribution in [2.45, 2.75) is 64.8 Å². The number of likely N-dealkylation sites (tertiary alicyclic amines) is 1. The van der Waals surface area contributed by atoms with E-state index in [1.807, 2.05) is 87.5 Å². The number of hydrogen-bond acceptors (Lipinski definition) is 10. The molecule has 5 rings (SSSR count). The molecule has 3 aromatic rings. The fraction of sp³-hybridized carbons (Fsp3) is 0.405. The van der Waals surface area contributed by atoms with Gasteiger partial charge in [-0.15, -0.1) is 0 Å². The zero-order valence-corrected chi connectivity index (χ0v) is 33.1. The van der Waals surface area contributed by atoms with Gasteiger partial charge in [0.2, 0.25) is 11.9 Å². The number of nitrogens with one attached hydrogen (secondary N) is 3. The van der Waals surface area contributed by atoms with E-state index in [1.54, 1.807) is 29.2 Å². The first-order chi connectivity index (χ1) is 27.9. The van der Waals surface area contributed by atoms with E-state index < -0.39 is 47.6 Å². The van der Waals surface area contributed by atoms with E-state index in [0.29, 0.717) is 6.42 Å². The Morgan fingerprint density at radius 2 is 1.21 bits per heavy atom. The summed E-state index contributed by atoms with van der Waals surface area (Å²) < 4.78 is 16.2. The maximum atomic E-state index is 13.7. The Balaban J connectivity index is 1.21. The van der Waals surface area contributed by atoms with Crippen LogP contribution in [0.1, 0.15) is 50.3 Å². The van der Waals surface area contributed by atoms with Crippen LogP contribution in [0.25, 0.3) is 0 Å². The number of urea groups is 2. The van der Waals surface area contributed by atoms with E-state index in [1.165, 1.54) is 4.90 Å². The monoisotopic (exact) mass is 797 g/mol. The number of guanidine groups is 1. The summed E-state index contributed by atoms with van der Waals surface area (Å²) in [4.78, 5) is 87.3. The third-order valence-corrected chi connectivity index (χ3v) is 9.27. The highest BCUT2D eigenvalue weighted by Crippen LogP contribution is 2.33. The lowest BCUT2D eigenvalue weighted by atomic mass is 9.83. The summed E-state index contributed by atoms with van der Waals surface area (Å²) in [5.41, 5.74) is 2.03. The van der Waals surface area contributed by atoms with Crippen molar-refractivity contribution >= 4 is 42.1 Å². The van der Waals surface area contributed by atoms with Gasteiger partial charge in [-0.05, 0) is 50.3 Å². The Labute approximate surface area is 337 Å². The number of amides is 7. The highest BCUT2D eigenvalue weighted by atomic mass is 16.6. The number of rotatable bonds is 12. The van der Waals surface area contributed by atoms with Crippen LogP contribution in [0, 0.1) is 5.92 Å². The molecule has 3 N–H and O–H groups in total. The van der Waals surface area contributed by atoms with Crippen LogP contribution in [-0.2, 0) is 43.4 Å². The molecule has 2 unspecified atom stereocenters. The van der Waals surface area contributed by atoms with Gasteiger partial charge >= 0.3 is 30.2 Å². The molecule has 0 aliphatic carbocycles. The molecule has 3 aromatic carbocycles. The van der Waals surface area contributed by atoms with Crippen molar-refractivity contribution in [3.05, 3.63) is 108 Å². The van der Waals surface area contributed by atoms with E-state index in [-0.39, 0.29) is 77.4 Å². The molecule has 2 atom stereocenters. The van der Waals surface area contributed by atoms with Gasteiger partial charge in [0.1, 0.15) is 13.2 Å². The number of piperazine rings is 1. The molecular formula is C42H51N7O9. The van der Waals surface area contributed by atoms with Crippen molar-refractivity contribution < 1.29 is 43.0 Å². The fourth-order valence-electron chi connectivity index (χ4n) is 6.29. The number of nitrogens with zero attached hydrogens (tertiary/aromatic N) is 4. The third-order valence-electron chi connectivity index (χ3n) is 9.27. The number of imide groups is 1. The van der Waals surface area contributed by atoms with E-state index in [4.69, 9.17) is 14.2 Å². The van der Waals surface area contributed by atoms with Gasteiger partial charge in [-0.25, -0.2) is 28.9 Å². The molecule has 0 spiro atoms. The quantitative estimate of drug-likeness (QED) is 0.0576. The summed E-state index contributed by atoms with van der Waals surface area (Å²) >= 11 is 0. The average molecular weight is 798 g/mol. The zero-order chi connectivity index (χ0) is 41.5. The van der Waals surface area contributed by atoms with Gasteiger partial charge in [0.15, 0.2) is 6.04 Å². The molecule has 2 aliphatic heterocycles. The number of benzene rings is 3. The molecular weight excluding hydrogens is 747 g/mol. The van der Waals surface area contributed by atoms with Gasteiger partial charge in [-0.2, -0.15) is 0 Å². The molecule has 2 saturated heterocycles. The van der Waals surface area contributed by atoms with Crippen LogP contribution in [0.4, 0.5) is 19.2 Å². The summed E-state index contributed by atoms with van der Waals surface area (Å²) in [6.45, 7) is 6.52. The van der Waals surface area contributed by atoms with E-state index in [9.17, 15) is 28.8 Å². The van der Waals surface area contributed by atoms with Gasteiger partial charge in [0.25, 0.3) is 0 Å². The highest BCUT2D eigenvalue weighted by Gasteiger charge is 2.56. The summed E-state index contributed by atoms with van der Waals surface area (Å²) in [6.07, 6.45) is -0.913. The molecule has 2 aliphatic rings. The summed E-state index contributed by atoms with van der Waals surface area (Å²) in [6, 6.07) is 25.5. The number of hydrogen-bond donors (Lipinski definition) is 3. The molecule has 2 heterocycles. The molecule has 7 amide bonds. The standard InChI is InChI=1S/C42H51N7O9/c1-42(2,3)46-38(52)47-23-25-48(26-24-47)41(55)49-34(36(51)56-27-21-30-14-7-4-8-15-30)33(35(49)50)20-13-22-43-37(44-39(53)57-28-31-16-9-5-10-17-31)45-40(54)58-29-32-18-11-6-12-19-32/h4-12,14-19,33-34H,13,20-29H2,1-3H3,(H,46,52)(H2,43,44,45,53,54). The van der Waals surface area contributed by atoms with Gasteiger partial charge < -0.3 is 29.3 Å². The largest absolute Gasteiger partial charge is 0.464 e. The van der Waals surface area contributed by atoms with Gasteiger partial charge in [-0.3, -0.25) is 20.4 Å². The molecule has 16 heteroatoms. The number of aliphatic imine (C=N–C) groups is 1. The Morgan fingerprint density at radius 3 is 1.72 bits per heavy atom. The van der Waals surface area contributed by atoms with Crippen molar-refractivity contribution in [1.29, 1.82) is 0 Å².